The monoisotopic (exact) mass is 646 g/mol. The van der Waals surface area contributed by atoms with Crippen molar-refractivity contribution < 1.29 is 43.9 Å². The molecule has 0 aliphatic carbocycles. The van der Waals surface area contributed by atoms with Gasteiger partial charge in [-0.25, -0.2) is 27.5 Å². The number of halogens is 7. The normalized spacial score (nSPS) is 12.7. The summed E-state index contributed by atoms with van der Waals surface area (Å²) in [7, 11) is -4.87. The number of nitrogens with zero attached hydrogens (tertiary/aromatic N) is 4. The van der Waals surface area contributed by atoms with Crippen LogP contribution in [0.2, 0.25) is 0 Å². The van der Waals surface area contributed by atoms with Crippen molar-refractivity contribution in [3.05, 3.63) is 78.0 Å². The third kappa shape index (κ3) is 8.58. The van der Waals surface area contributed by atoms with Crippen LogP contribution in [0.4, 0.5) is 48.1 Å². The van der Waals surface area contributed by atoms with Gasteiger partial charge in [-0.1, -0.05) is 18.2 Å². The molecule has 0 unspecified atom stereocenters. The zero-order valence-corrected chi connectivity index (χ0v) is 24.1. The SMILES string of the molecule is CC(C)(C)n1nc(-c2ccc(NS(=O)(=O)CC(F)(F)F)c(OCc3ccc(F)cc3)c2)cc1Nc1cnc(C(F)(F)F)cn1. The van der Waals surface area contributed by atoms with Crippen LogP contribution in [0.15, 0.2) is 60.9 Å². The first-order valence-corrected chi connectivity index (χ1v) is 14.3. The van der Waals surface area contributed by atoms with E-state index in [1.54, 1.807) is 0 Å². The van der Waals surface area contributed by atoms with Gasteiger partial charge in [0.25, 0.3) is 0 Å². The predicted molar refractivity (Wildman–Crippen MR) is 147 cm³/mol. The number of ether oxygens (including phenoxy) is 1. The molecule has 2 aromatic carbocycles. The first-order chi connectivity index (χ1) is 20.3. The Labute approximate surface area is 247 Å². The lowest BCUT2D eigenvalue weighted by Gasteiger charge is -2.22. The molecule has 0 aliphatic heterocycles. The van der Waals surface area contributed by atoms with E-state index in [-0.39, 0.29) is 23.9 Å². The van der Waals surface area contributed by atoms with Crippen molar-refractivity contribution in [3.8, 4) is 17.0 Å². The van der Waals surface area contributed by atoms with Crippen molar-refractivity contribution in [3.63, 3.8) is 0 Å². The third-order valence-electron chi connectivity index (χ3n) is 5.75. The third-order valence-corrected chi connectivity index (χ3v) is 6.99. The Hall–Kier alpha value is -4.41. The molecule has 0 aliphatic rings. The second-order valence-electron chi connectivity index (χ2n) is 10.5. The summed E-state index contributed by atoms with van der Waals surface area (Å²) in [5.41, 5.74) is -0.987. The molecular weight excluding hydrogens is 621 g/mol. The molecule has 0 bridgehead atoms. The standard InChI is InChI=1S/C27H25F7N6O3S/c1-25(2,3)40-24(37-23-13-35-22(12-36-23)27(32,33)34)11-20(38-40)17-6-9-19(39-44(41,42)15-26(29,30)31)21(10-17)43-14-16-4-7-18(28)8-5-16/h4-13,39H,14-15H2,1-3H3,(H,36,37). The summed E-state index contributed by atoms with van der Waals surface area (Å²) < 4.78 is 124. The summed E-state index contributed by atoms with van der Waals surface area (Å²) in [6.45, 7) is 5.24. The van der Waals surface area contributed by atoms with Gasteiger partial charge in [-0.15, -0.1) is 0 Å². The lowest BCUT2D eigenvalue weighted by Crippen LogP contribution is -2.28. The second kappa shape index (κ2) is 11.9. The Kier molecular flexibility index (Phi) is 8.82. The van der Waals surface area contributed by atoms with Crippen LogP contribution in [0.5, 0.6) is 5.75 Å². The molecule has 2 N–H and O–H groups in total. The van der Waals surface area contributed by atoms with E-state index in [1.165, 1.54) is 53.2 Å². The Morgan fingerprint density at radius 1 is 0.909 bits per heavy atom. The van der Waals surface area contributed by atoms with Gasteiger partial charge >= 0.3 is 12.4 Å². The maximum absolute atomic E-state index is 13.3. The first-order valence-electron chi connectivity index (χ1n) is 12.6. The van der Waals surface area contributed by atoms with E-state index in [0.29, 0.717) is 28.8 Å². The van der Waals surface area contributed by atoms with Crippen LogP contribution in [0.1, 0.15) is 32.0 Å². The van der Waals surface area contributed by atoms with Crippen LogP contribution in [-0.4, -0.2) is 40.1 Å². The van der Waals surface area contributed by atoms with Gasteiger partial charge in [-0.05, 0) is 50.6 Å². The van der Waals surface area contributed by atoms with Crippen LogP contribution in [0.25, 0.3) is 11.3 Å². The summed E-state index contributed by atoms with van der Waals surface area (Å²) >= 11 is 0. The topological polar surface area (TPSA) is 111 Å². The molecule has 4 rings (SSSR count). The maximum atomic E-state index is 13.3. The fourth-order valence-corrected chi connectivity index (χ4v) is 4.85. The number of aromatic nitrogens is 4. The molecule has 0 saturated carbocycles. The molecule has 0 fully saturated rings. The Morgan fingerprint density at radius 3 is 2.16 bits per heavy atom. The van der Waals surface area contributed by atoms with E-state index in [2.05, 4.69) is 20.4 Å². The zero-order valence-electron chi connectivity index (χ0n) is 23.3. The van der Waals surface area contributed by atoms with Gasteiger partial charge in [0.05, 0.1) is 29.3 Å². The minimum absolute atomic E-state index is 0.00677. The van der Waals surface area contributed by atoms with E-state index in [9.17, 15) is 39.2 Å². The molecule has 2 heterocycles. The number of anilines is 3. The molecule has 9 nitrogen and oxygen atoms in total. The molecule has 0 atom stereocenters. The second-order valence-corrected chi connectivity index (χ2v) is 12.2. The van der Waals surface area contributed by atoms with E-state index >= 15 is 0 Å². The molecule has 0 radical (unpaired) electrons. The summed E-state index contributed by atoms with van der Waals surface area (Å²) in [6.07, 6.45) is -8.19. The van der Waals surface area contributed by atoms with Crippen LogP contribution in [0, 0.1) is 5.82 Å². The number of benzene rings is 2. The smallest absolute Gasteiger partial charge is 0.434 e. The number of hydrogen-bond donors (Lipinski definition) is 2. The van der Waals surface area contributed by atoms with Crippen molar-refractivity contribution in [1.29, 1.82) is 0 Å². The molecule has 0 saturated heterocycles. The zero-order chi connectivity index (χ0) is 32.5. The number of hydrogen-bond acceptors (Lipinski definition) is 7. The van der Waals surface area contributed by atoms with E-state index < -0.39 is 45.2 Å². The van der Waals surface area contributed by atoms with E-state index in [0.717, 1.165) is 6.20 Å². The van der Waals surface area contributed by atoms with Crippen molar-refractivity contribution in [1.82, 2.24) is 19.7 Å². The lowest BCUT2D eigenvalue weighted by atomic mass is 10.1. The lowest BCUT2D eigenvalue weighted by molar-refractivity contribution is -0.141. The van der Waals surface area contributed by atoms with Gasteiger partial charge in [-0.3, -0.25) is 4.72 Å². The van der Waals surface area contributed by atoms with Crippen LogP contribution in [-0.2, 0) is 28.3 Å². The highest BCUT2D eigenvalue weighted by atomic mass is 32.2. The van der Waals surface area contributed by atoms with Gasteiger partial charge in [0.15, 0.2) is 11.4 Å². The molecule has 44 heavy (non-hydrogen) atoms. The van der Waals surface area contributed by atoms with Gasteiger partial charge < -0.3 is 10.1 Å². The van der Waals surface area contributed by atoms with E-state index in [1.807, 2.05) is 25.5 Å². The molecule has 236 valence electrons. The average molecular weight is 647 g/mol. The molecule has 0 amide bonds. The largest absolute Gasteiger partial charge is 0.487 e. The number of alkyl halides is 6. The van der Waals surface area contributed by atoms with Gasteiger partial charge in [0.2, 0.25) is 10.0 Å². The molecule has 0 spiro atoms. The quantitative estimate of drug-likeness (QED) is 0.191. The fraction of sp³-hybridized carbons (Fsp3) is 0.296. The van der Waals surface area contributed by atoms with Gasteiger partial charge in [0.1, 0.15) is 29.8 Å². The van der Waals surface area contributed by atoms with Gasteiger partial charge in [0, 0.05) is 11.6 Å². The van der Waals surface area contributed by atoms with Crippen LogP contribution in [0.3, 0.4) is 0 Å². The summed E-state index contributed by atoms with van der Waals surface area (Å²) in [5, 5.41) is 7.45. The Balaban J connectivity index is 1.70. The van der Waals surface area contributed by atoms with Gasteiger partial charge in [-0.2, -0.15) is 31.4 Å². The molecular formula is C27H25F7N6O3S. The highest BCUT2D eigenvalue weighted by Gasteiger charge is 2.36. The van der Waals surface area contributed by atoms with E-state index in [4.69, 9.17) is 4.74 Å². The minimum atomic E-state index is -5.00. The molecule has 17 heteroatoms. The number of nitrogens with one attached hydrogen (secondary N) is 2. The summed E-state index contributed by atoms with van der Waals surface area (Å²) in [6, 6.07) is 10.7. The first kappa shape index (κ1) is 32.5. The predicted octanol–water partition coefficient (Wildman–Crippen LogP) is 6.88. The maximum Gasteiger partial charge on any atom is 0.434 e. The summed E-state index contributed by atoms with van der Waals surface area (Å²) in [5.74, 6) is -2.47. The highest BCUT2D eigenvalue weighted by molar-refractivity contribution is 7.92. The average Bonchev–Trinajstić information content (AvgIpc) is 3.31. The highest BCUT2D eigenvalue weighted by Crippen LogP contribution is 2.35. The molecule has 4 aromatic rings. The fourth-order valence-electron chi connectivity index (χ4n) is 3.84. The van der Waals surface area contributed by atoms with Crippen molar-refractivity contribution in [2.24, 2.45) is 0 Å². The summed E-state index contributed by atoms with van der Waals surface area (Å²) in [4.78, 5) is 7.15. The Bertz CT molecular complexity index is 1720. The Morgan fingerprint density at radius 2 is 1.59 bits per heavy atom. The van der Waals surface area contributed by atoms with Crippen molar-refractivity contribution in [2.45, 2.75) is 45.3 Å². The van der Waals surface area contributed by atoms with Crippen molar-refractivity contribution in [2.75, 3.05) is 15.8 Å². The van der Waals surface area contributed by atoms with Crippen LogP contribution >= 0.6 is 0 Å². The van der Waals surface area contributed by atoms with Crippen LogP contribution < -0.4 is 14.8 Å². The van der Waals surface area contributed by atoms with Crippen molar-refractivity contribution >= 4 is 27.3 Å². The number of sulfonamides is 1. The number of rotatable bonds is 9. The molecule has 2 aromatic heterocycles. The minimum Gasteiger partial charge on any atom is -0.487 e.